The summed E-state index contributed by atoms with van der Waals surface area (Å²) < 4.78 is 0. The Morgan fingerprint density at radius 2 is 2.11 bits per heavy atom. The lowest BCUT2D eigenvalue weighted by Gasteiger charge is -2.35. The summed E-state index contributed by atoms with van der Waals surface area (Å²) in [4.78, 5) is 42.2. The van der Waals surface area contributed by atoms with E-state index in [2.05, 4.69) is 20.6 Å². The molecule has 1 aliphatic heterocycles. The molecule has 0 radical (unpaired) electrons. The molecule has 28 heavy (non-hydrogen) atoms. The van der Waals surface area contributed by atoms with Crippen LogP contribution in [0, 0.1) is 11.8 Å². The van der Waals surface area contributed by atoms with Gasteiger partial charge < -0.3 is 31.7 Å². The highest BCUT2D eigenvalue weighted by molar-refractivity contribution is 5.84. The Balaban J connectivity index is 2.02. The van der Waals surface area contributed by atoms with Crippen LogP contribution in [-0.4, -0.2) is 55.7 Å². The Kier molecular flexibility index (Phi) is 7.10. The number of hydrogen-bond acceptors (Lipinski definition) is 8. The highest BCUT2D eigenvalue weighted by Crippen LogP contribution is 2.38. The number of carbonyl (C=O) groups is 3. The zero-order valence-electron chi connectivity index (χ0n) is 15.5. The fourth-order valence-corrected chi connectivity index (χ4v) is 3.36. The molecule has 0 saturated heterocycles. The summed E-state index contributed by atoms with van der Waals surface area (Å²) in [6.45, 7) is 2.25. The molecule has 2 unspecified atom stereocenters. The third kappa shape index (κ3) is 5.28. The molecule has 2 heterocycles. The number of carboxylic acid groups (broad SMARTS) is 2. The zero-order valence-corrected chi connectivity index (χ0v) is 15.5. The van der Waals surface area contributed by atoms with Crippen LogP contribution < -0.4 is 16.4 Å². The summed E-state index contributed by atoms with van der Waals surface area (Å²) in [5, 5.41) is 34.0. The van der Waals surface area contributed by atoms with Gasteiger partial charge in [-0.15, -0.1) is 0 Å². The van der Waals surface area contributed by atoms with Gasteiger partial charge in [-0.25, -0.2) is 9.78 Å². The normalized spacial score (nSPS) is 20.4. The molecular weight excluding hydrogens is 370 g/mol. The van der Waals surface area contributed by atoms with E-state index in [-0.39, 0.29) is 37.0 Å². The van der Waals surface area contributed by atoms with Crippen LogP contribution in [0.15, 0.2) is 6.20 Å². The number of nitrogens with zero attached hydrogens (tertiary/aromatic N) is 2. The summed E-state index contributed by atoms with van der Waals surface area (Å²) >= 11 is 0. The topological polar surface area (TPSA) is 188 Å². The fourth-order valence-electron chi connectivity index (χ4n) is 3.36. The smallest absolute Gasteiger partial charge is 0.326 e. The fraction of sp³-hybridized carbons (Fsp3) is 0.588. The third-order valence-corrected chi connectivity index (χ3v) is 4.92. The number of nitrogen functional groups attached to an aromatic ring is 1. The standard InChI is InChI=1S/C17H25N5O6/c1-2-8(5-12(23)21-11(16(27)28)3-4-13(24)25)9-6-19-15-10(14(9)26)7-20-17(18)22-15/h7-9,11,14,26H,2-6H2,1H3,(H,21,23)(H,24,25)(H,27,28)(H3,18,19,20,22)/t8-,9?,11+,14?/m0/s1. The maximum absolute atomic E-state index is 12.3. The van der Waals surface area contributed by atoms with Crippen molar-refractivity contribution in [3.63, 3.8) is 0 Å². The van der Waals surface area contributed by atoms with E-state index in [1.54, 1.807) is 0 Å². The van der Waals surface area contributed by atoms with E-state index in [1.165, 1.54) is 6.20 Å². The van der Waals surface area contributed by atoms with Crippen LogP contribution in [0.3, 0.4) is 0 Å². The summed E-state index contributed by atoms with van der Waals surface area (Å²) in [5.41, 5.74) is 6.04. The number of hydrogen-bond donors (Lipinski definition) is 6. The number of anilines is 2. The molecule has 1 aliphatic rings. The number of aliphatic hydroxyl groups excluding tert-OH is 1. The van der Waals surface area contributed by atoms with E-state index < -0.39 is 30.0 Å². The van der Waals surface area contributed by atoms with Gasteiger partial charge in [-0.1, -0.05) is 13.3 Å². The molecule has 11 heteroatoms. The number of nitrogens with one attached hydrogen (secondary N) is 2. The minimum atomic E-state index is -1.29. The van der Waals surface area contributed by atoms with Gasteiger partial charge in [0.05, 0.1) is 6.10 Å². The highest BCUT2D eigenvalue weighted by Gasteiger charge is 2.35. The maximum atomic E-state index is 12.3. The summed E-state index contributed by atoms with van der Waals surface area (Å²) in [6, 6.07) is -1.27. The molecular formula is C17H25N5O6. The van der Waals surface area contributed by atoms with Crippen molar-refractivity contribution in [1.29, 1.82) is 0 Å². The van der Waals surface area contributed by atoms with Crippen LogP contribution >= 0.6 is 0 Å². The highest BCUT2D eigenvalue weighted by atomic mass is 16.4. The van der Waals surface area contributed by atoms with Gasteiger partial charge in [0.15, 0.2) is 0 Å². The SMILES string of the molecule is CC[C@@H](CC(=O)N[C@H](CCC(=O)O)C(=O)O)C1CNc2nc(N)ncc2C1O. The summed E-state index contributed by atoms with van der Waals surface area (Å²) in [6.07, 6.45) is 0.571. The Hall–Kier alpha value is -2.95. The van der Waals surface area contributed by atoms with E-state index in [4.69, 9.17) is 15.9 Å². The van der Waals surface area contributed by atoms with E-state index in [1.807, 2.05) is 6.92 Å². The molecule has 0 fully saturated rings. The minimum absolute atomic E-state index is 0.00191. The average Bonchev–Trinajstić information content (AvgIpc) is 2.63. The predicted molar refractivity (Wildman–Crippen MR) is 98.2 cm³/mol. The van der Waals surface area contributed by atoms with Crippen molar-refractivity contribution in [2.75, 3.05) is 17.6 Å². The molecule has 1 aromatic heterocycles. The first-order valence-corrected chi connectivity index (χ1v) is 9.01. The van der Waals surface area contributed by atoms with Crippen molar-refractivity contribution in [2.45, 2.75) is 44.8 Å². The lowest BCUT2D eigenvalue weighted by atomic mass is 9.79. The van der Waals surface area contributed by atoms with Crippen molar-refractivity contribution in [3.05, 3.63) is 11.8 Å². The summed E-state index contributed by atoms with van der Waals surface area (Å²) in [7, 11) is 0. The number of carboxylic acids is 2. The van der Waals surface area contributed by atoms with Crippen molar-refractivity contribution in [1.82, 2.24) is 15.3 Å². The first-order valence-electron chi connectivity index (χ1n) is 9.01. The molecule has 154 valence electrons. The van der Waals surface area contributed by atoms with Gasteiger partial charge in [-0.2, -0.15) is 4.98 Å². The van der Waals surface area contributed by atoms with Gasteiger partial charge in [-0.05, 0) is 12.3 Å². The molecule has 11 nitrogen and oxygen atoms in total. The average molecular weight is 395 g/mol. The van der Waals surface area contributed by atoms with E-state index in [0.29, 0.717) is 24.3 Å². The van der Waals surface area contributed by atoms with Gasteiger partial charge in [0.2, 0.25) is 11.9 Å². The van der Waals surface area contributed by atoms with Gasteiger partial charge in [0.1, 0.15) is 11.9 Å². The monoisotopic (exact) mass is 395 g/mol. The number of carbonyl (C=O) groups excluding carboxylic acids is 1. The number of fused-ring (bicyclic) bond motifs is 1. The second-order valence-electron chi connectivity index (χ2n) is 6.78. The van der Waals surface area contributed by atoms with E-state index in [0.717, 1.165) is 0 Å². The van der Waals surface area contributed by atoms with Crippen molar-refractivity contribution >= 4 is 29.6 Å². The van der Waals surface area contributed by atoms with Crippen LogP contribution in [0.2, 0.25) is 0 Å². The van der Waals surface area contributed by atoms with Crippen LogP contribution in [0.1, 0.15) is 44.3 Å². The van der Waals surface area contributed by atoms with Crippen LogP contribution in [0.25, 0.3) is 0 Å². The lowest BCUT2D eigenvalue weighted by molar-refractivity contribution is -0.143. The second kappa shape index (κ2) is 9.31. The molecule has 7 N–H and O–H groups in total. The molecule has 2 rings (SSSR count). The van der Waals surface area contributed by atoms with E-state index in [9.17, 15) is 19.5 Å². The number of rotatable bonds is 9. The molecule has 1 amide bonds. The number of aromatic nitrogens is 2. The summed E-state index contributed by atoms with van der Waals surface area (Å²) in [5.74, 6) is -2.92. The van der Waals surface area contributed by atoms with Gasteiger partial charge in [0.25, 0.3) is 0 Å². The molecule has 0 aliphatic carbocycles. The lowest BCUT2D eigenvalue weighted by Crippen LogP contribution is -2.43. The quantitative estimate of drug-likeness (QED) is 0.332. The van der Waals surface area contributed by atoms with Gasteiger partial charge in [-0.3, -0.25) is 9.59 Å². The Labute approximate surface area is 161 Å². The van der Waals surface area contributed by atoms with Gasteiger partial charge >= 0.3 is 11.9 Å². The minimum Gasteiger partial charge on any atom is -0.481 e. The van der Waals surface area contributed by atoms with Crippen LogP contribution in [-0.2, 0) is 14.4 Å². The zero-order chi connectivity index (χ0) is 20.8. The third-order valence-electron chi connectivity index (χ3n) is 4.92. The first-order chi connectivity index (χ1) is 13.2. The second-order valence-corrected chi connectivity index (χ2v) is 6.78. The number of aliphatic carboxylic acids is 2. The number of nitrogens with two attached hydrogens (primary N) is 1. The predicted octanol–water partition coefficient (Wildman–Crippen LogP) is -0.0156. The molecule has 0 aromatic carbocycles. The van der Waals surface area contributed by atoms with Crippen molar-refractivity contribution in [3.8, 4) is 0 Å². The first kappa shape index (κ1) is 21.4. The largest absolute Gasteiger partial charge is 0.481 e. The molecule has 1 aromatic rings. The molecule has 0 bridgehead atoms. The maximum Gasteiger partial charge on any atom is 0.326 e. The Morgan fingerprint density at radius 3 is 2.71 bits per heavy atom. The van der Waals surface area contributed by atoms with Crippen LogP contribution in [0.4, 0.5) is 11.8 Å². The van der Waals surface area contributed by atoms with Crippen LogP contribution in [0.5, 0.6) is 0 Å². The molecule has 0 spiro atoms. The number of aliphatic hydroxyl groups is 1. The molecule has 4 atom stereocenters. The van der Waals surface area contributed by atoms with Crippen molar-refractivity contribution in [2.24, 2.45) is 11.8 Å². The Bertz CT molecular complexity index is 743. The van der Waals surface area contributed by atoms with E-state index >= 15 is 0 Å². The Morgan fingerprint density at radius 1 is 1.39 bits per heavy atom. The van der Waals surface area contributed by atoms with Crippen molar-refractivity contribution < 1.29 is 29.7 Å². The molecule has 0 saturated carbocycles. The van der Waals surface area contributed by atoms with Gasteiger partial charge in [0, 0.05) is 37.1 Å². The number of amides is 1.